The molecule has 6 heteroatoms. The van der Waals surface area contributed by atoms with Crippen molar-refractivity contribution in [2.45, 2.75) is 72.0 Å². The maximum atomic E-state index is 11.6. The van der Waals surface area contributed by atoms with Gasteiger partial charge in [0.05, 0.1) is 19.9 Å². The summed E-state index contributed by atoms with van der Waals surface area (Å²) >= 11 is 0. The number of pyridine rings is 1. The van der Waals surface area contributed by atoms with Gasteiger partial charge in [0, 0.05) is 48.5 Å². The van der Waals surface area contributed by atoms with Crippen LogP contribution in [0.5, 0.6) is 17.2 Å². The number of methoxy groups -OCH3 is 2. The summed E-state index contributed by atoms with van der Waals surface area (Å²) in [5.41, 5.74) is 8.13. The summed E-state index contributed by atoms with van der Waals surface area (Å²) in [4.78, 5) is 9.22. The van der Waals surface area contributed by atoms with E-state index < -0.39 is 0 Å². The van der Waals surface area contributed by atoms with Gasteiger partial charge in [-0.1, -0.05) is 71.9 Å². The van der Waals surface area contributed by atoms with Gasteiger partial charge in [-0.2, -0.15) is 0 Å². The lowest BCUT2D eigenvalue weighted by Crippen LogP contribution is -2.24. The third kappa shape index (κ3) is 8.36. The maximum Gasteiger partial charge on any atom is 0.123 e. The van der Waals surface area contributed by atoms with Gasteiger partial charge in [-0.25, -0.2) is 0 Å². The number of nitrogens with zero attached hydrogens (tertiary/aromatic N) is 3. The summed E-state index contributed by atoms with van der Waals surface area (Å²) in [7, 11) is 3.36. The van der Waals surface area contributed by atoms with Gasteiger partial charge in [0.1, 0.15) is 17.2 Å². The molecular formula is C42H49N3O3. The van der Waals surface area contributed by atoms with Gasteiger partial charge < -0.3 is 19.5 Å². The lowest BCUT2D eigenvalue weighted by Gasteiger charge is -2.30. The molecule has 0 bridgehead atoms. The normalized spacial score (nSPS) is 11.9. The van der Waals surface area contributed by atoms with E-state index in [1.807, 2.05) is 42.6 Å². The Kier molecular flexibility index (Phi) is 10.4. The van der Waals surface area contributed by atoms with Crippen molar-refractivity contribution in [3.63, 3.8) is 0 Å². The molecule has 250 valence electrons. The molecule has 0 fully saturated rings. The van der Waals surface area contributed by atoms with Crippen LogP contribution in [-0.2, 0) is 30.5 Å². The largest absolute Gasteiger partial charge is 0.507 e. The minimum absolute atomic E-state index is 0.0518. The summed E-state index contributed by atoms with van der Waals surface area (Å²) in [6.07, 6.45) is 1.84. The van der Waals surface area contributed by atoms with Crippen LogP contribution in [-0.4, -0.2) is 29.2 Å². The van der Waals surface area contributed by atoms with Crippen LogP contribution in [0, 0.1) is 0 Å². The first-order valence-corrected chi connectivity index (χ1v) is 16.5. The van der Waals surface area contributed by atoms with E-state index in [9.17, 15) is 5.11 Å². The third-order valence-corrected chi connectivity index (χ3v) is 8.63. The number of hydrogen-bond acceptors (Lipinski definition) is 6. The molecule has 0 radical (unpaired) electrons. The van der Waals surface area contributed by atoms with Crippen LogP contribution in [0.2, 0.25) is 0 Å². The standard InChI is InChI=1S/C42H49N3O3/c1-41(2,3)32-25-31(40(46)39(26-32)42(4,5)6)28-44(29-33-11-9-10-24-43-33)27-30-12-14-34(15-13-30)45(35-16-20-37(47-7)21-17-35)36-18-22-38(48-8)23-19-36/h9-26,46H,27-29H2,1-8H3. The van der Waals surface area contributed by atoms with Crippen LogP contribution in [0.15, 0.2) is 109 Å². The molecule has 4 aromatic carbocycles. The minimum Gasteiger partial charge on any atom is -0.507 e. The van der Waals surface area contributed by atoms with Crippen LogP contribution in [0.1, 0.15) is 69.5 Å². The van der Waals surface area contributed by atoms with Gasteiger partial charge in [-0.05, 0) is 100 Å². The highest BCUT2D eigenvalue weighted by molar-refractivity contribution is 5.77. The Morgan fingerprint density at radius 3 is 1.62 bits per heavy atom. The smallest absolute Gasteiger partial charge is 0.123 e. The lowest BCUT2D eigenvalue weighted by atomic mass is 9.79. The first kappa shape index (κ1) is 34.5. The molecule has 5 rings (SSSR count). The number of phenolic OH excluding ortho intramolecular Hbond substituents is 1. The first-order chi connectivity index (χ1) is 22.9. The van der Waals surface area contributed by atoms with Crippen LogP contribution in [0.3, 0.4) is 0 Å². The molecule has 48 heavy (non-hydrogen) atoms. The number of anilines is 3. The zero-order chi connectivity index (χ0) is 34.5. The number of rotatable bonds is 11. The number of aromatic hydroxyl groups is 1. The summed E-state index contributed by atoms with van der Waals surface area (Å²) in [6, 6.07) is 35.3. The number of hydrogen-bond donors (Lipinski definition) is 1. The van der Waals surface area contributed by atoms with Crippen molar-refractivity contribution in [1.29, 1.82) is 0 Å². The maximum absolute atomic E-state index is 11.6. The van der Waals surface area contributed by atoms with Gasteiger partial charge >= 0.3 is 0 Å². The minimum atomic E-state index is -0.193. The molecule has 1 heterocycles. The van der Waals surface area contributed by atoms with Crippen molar-refractivity contribution in [1.82, 2.24) is 9.88 Å². The van der Waals surface area contributed by atoms with Crippen LogP contribution in [0.4, 0.5) is 17.1 Å². The van der Waals surface area contributed by atoms with E-state index in [1.165, 1.54) is 11.1 Å². The average molecular weight is 644 g/mol. The van der Waals surface area contributed by atoms with E-state index in [4.69, 9.17) is 9.47 Å². The number of ether oxygens (including phenoxy) is 2. The quantitative estimate of drug-likeness (QED) is 0.155. The van der Waals surface area contributed by atoms with Gasteiger partial charge in [-0.3, -0.25) is 9.88 Å². The zero-order valence-electron chi connectivity index (χ0n) is 29.6. The molecule has 0 amide bonds. The van der Waals surface area contributed by atoms with Crippen LogP contribution >= 0.6 is 0 Å². The molecule has 0 saturated carbocycles. The van der Waals surface area contributed by atoms with Crippen molar-refractivity contribution >= 4 is 17.1 Å². The molecule has 0 aliphatic heterocycles. The predicted octanol–water partition coefficient (Wildman–Crippen LogP) is 10.1. The van der Waals surface area contributed by atoms with Gasteiger partial charge in [0.15, 0.2) is 0 Å². The molecule has 6 nitrogen and oxygen atoms in total. The van der Waals surface area contributed by atoms with E-state index in [-0.39, 0.29) is 10.8 Å². The van der Waals surface area contributed by atoms with Crippen molar-refractivity contribution in [3.8, 4) is 17.2 Å². The predicted molar refractivity (Wildman–Crippen MR) is 197 cm³/mol. The van der Waals surface area contributed by atoms with E-state index in [1.54, 1.807) is 14.2 Å². The van der Waals surface area contributed by atoms with Gasteiger partial charge in [0.25, 0.3) is 0 Å². The number of phenols is 1. The summed E-state index contributed by atoms with van der Waals surface area (Å²) in [5.74, 6) is 2.00. The van der Waals surface area contributed by atoms with Crippen molar-refractivity contribution in [3.05, 3.63) is 137 Å². The van der Waals surface area contributed by atoms with Crippen LogP contribution < -0.4 is 14.4 Å². The van der Waals surface area contributed by atoms with Gasteiger partial charge in [-0.15, -0.1) is 0 Å². The highest BCUT2D eigenvalue weighted by atomic mass is 16.5. The average Bonchev–Trinajstić information content (AvgIpc) is 3.06. The molecule has 0 aliphatic carbocycles. The second-order valence-electron chi connectivity index (χ2n) is 14.4. The molecular weight excluding hydrogens is 594 g/mol. The van der Waals surface area contributed by atoms with E-state index >= 15 is 0 Å². The van der Waals surface area contributed by atoms with Crippen molar-refractivity contribution in [2.24, 2.45) is 0 Å². The third-order valence-electron chi connectivity index (χ3n) is 8.63. The van der Waals surface area contributed by atoms with Crippen molar-refractivity contribution in [2.75, 3.05) is 19.1 Å². The fourth-order valence-corrected chi connectivity index (χ4v) is 5.87. The van der Waals surface area contributed by atoms with Gasteiger partial charge in [0.2, 0.25) is 0 Å². The highest BCUT2D eigenvalue weighted by Gasteiger charge is 2.26. The summed E-state index contributed by atoms with van der Waals surface area (Å²) in [5, 5.41) is 11.6. The van der Waals surface area contributed by atoms with Crippen molar-refractivity contribution < 1.29 is 14.6 Å². The molecule has 0 spiro atoms. The fourth-order valence-electron chi connectivity index (χ4n) is 5.87. The molecule has 0 unspecified atom stereocenters. The lowest BCUT2D eigenvalue weighted by molar-refractivity contribution is 0.240. The Bertz CT molecular complexity index is 1720. The topological polar surface area (TPSA) is 58.1 Å². The second-order valence-corrected chi connectivity index (χ2v) is 14.4. The van der Waals surface area contributed by atoms with E-state index in [0.717, 1.165) is 45.4 Å². The molecule has 5 aromatic rings. The zero-order valence-corrected chi connectivity index (χ0v) is 29.6. The van der Waals surface area contributed by atoms with E-state index in [0.29, 0.717) is 25.4 Å². The van der Waals surface area contributed by atoms with Crippen LogP contribution in [0.25, 0.3) is 0 Å². The summed E-state index contributed by atoms with van der Waals surface area (Å²) in [6.45, 7) is 15.1. The first-order valence-electron chi connectivity index (χ1n) is 16.5. The number of aromatic nitrogens is 1. The Morgan fingerprint density at radius 1 is 0.625 bits per heavy atom. The molecule has 0 atom stereocenters. The second kappa shape index (κ2) is 14.5. The molecule has 1 N–H and O–H groups in total. The monoisotopic (exact) mass is 643 g/mol. The Balaban J connectivity index is 1.49. The molecule has 0 saturated heterocycles. The Hall–Kier alpha value is -4.81. The molecule has 0 aliphatic rings. The highest BCUT2D eigenvalue weighted by Crippen LogP contribution is 2.39. The van der Waals surface area contributed by atoms with E-state index in [2.05, 4.69) is 123 Å². The SMILES string of the molecule is COc1ccc(N(c2ccc(CN(Cc3ccccn3)Cc3cc(C(C)(C)C)cc(C(C)(C)C)c3O)cc2)c2ccc(OC)cc2)cc1. The molecule has 1 aromatic heterocycles. The fraction of sp³-hybridized carbons (Fsp3) is 0.310. The summed E-state index contributed by atoms with van der Waals surface area (Å²) < 4.78 is 10.8. The Morgan fingerprint density at radius 2 is 1.17 bits per heavy atom. The number of benzene rings is 4. The Labute approximate surface area is 286 Å².